The zero-order valence-electron chi connectivity index (χ0n) is 22.5. The number of hydrogen-bond donors (Lipinski definition) is 4. The maximum absolute atomic E-state index is 13.9. The molecule has 6 unspecified atom stereocenters. The van der Waals surface area contributed by atoms with Crippen LogP contribution in [0.15, 0.2) is 24.4 Å². The molecule has 6 atom stereocenters. The van der Waals surface area contributed by atoms with Crippen LogP contribution in [0.25, 0.3) is 10.9 Å². The maximum atomic E-state index is 13.9. The van der Waals surface area contributed by atoms with Crippen molar-refractivity contribution in [1.29, 1.82) is 0 Å². The lowest BCUT2D eigenvalue weighted by atomic mass is 9.82. The van der Waals surface area contributed by atoms with Crippen LogP contribution in [-0.2, 0) is 9.53 Å². The van der Waals surface area contributed by atoms with Gasteiger partial charge in [0.25, 0.3) is 0 Å². The fourth-order valence-electron chi connectivity index (χ4n) is 7.02. The number of carbonyl (C=O) groups excluding carboxylic acids is 2. The summed E-state index contributed by atoms with van der Waals surface area (Å²) >= 11 is 0. The number of aromatic nitrogens is 1. The van der Waals surface area contributed by atoms with Crippen molar-refractivity contribution in [1.82, 2.24) is 25.4 Å². The number of likely N-dealkylation sites (N-methyl/N-ethyl adjacent to an activating group) is 1. The van der Waals surface area contributed by atoms with E-state index in [0.29, 0.717) is 25.0 Å². The monoisotopic (exact) mass is 529 g/mol. The summed E-state index contributed by atoms with van der Waals surface area (Å²) in [7, 11) is 3.14. The number of rotatable bonds is 7. The summed E-state index contributed by atoms with van der Waals surface area (Å²) in [6.45, 7) is 2.84. The van der Waals surface area contributed by atoms with Gasteiger partial charge in [0.1, 0.15) is 12.0 Å². The number of nitrogens with one attached hydrogen (secondary N) is 3. The Kier molecular flexibility index (Phi) is 7.93. The number of nitrogens with zero attached hydrogens (tertiary/aromatic N) is 2. The van der Waals surface area contributed by atoms with E-state index in [2.05, 4.69) is 20.5 Å². The molecule has 5 rings (SSSR count). The van der Waals surface area contributed by atoms with E-state index in [1.807, 2.05) is 13.1 Å². The minimum Gasteiger partial charge on any atom is -0.453 e. The van der Waals surface area contributed by atoms with Crippen LogP contribution in [-0.4, -0.2) is 89.5 Å². The first-order chi connectivity index (χ1) is 18.3. The minimum atomic E-state index is -0.899. The smallest absolute Gasteiger partial charge is 0.409 e. The Morgan fingerprint density at radius 1 is 1.21 bits per heavy atom. The highest BCUT2D eigenvalue weighted by atomic mass is 19.1. The molecule has 2 aliphatic heterocycles. The quantitative estimate of drug-likeness (QED) is 0.439. The first-order valence-electron chi connectivity index (χ1n) is 13.9. The Morgan fingerprint density at radius 3 is 2.68 bits per heavy atom. The Balaban J connectivity index is 1.48. The zero-order valence-corrected chi connectivity index (χ0v) is 22.5. The van der Waals surface area contributed by atoms with Crippen molar-refractivity contribution in [3.63, 3.8) is 0 Å². The van der Waals surface area contributed by atoms with Crippen molar-refractivity contribution in [2.24, 2.45) is 5.92 Å². The average Bonchev–Trinajstić information content (AvgIpc) is 3.65. The van der Waals surface area contributed by atoms with Crippen molar-refractivity contribution >= 4 is 22.9 Å². The number of likely N-dealkylation sites (tertiary alicyclic amines) is 2. The lowest BCUT2D eigenvalue weighted by Gasteiger charge is -2.41. The molecule has 0 spiro atoms. The number of aromatic amines is 1. The highest BCUT2D eigenvalue weighted by molar-refractivity contribution is 5.84. The van der Waals surface area contributed by atoms with Crippen molar-refractivity contribution in [3.8, 4) is 0 Å². The number of benzene rings is 1. The summed E-state index contributed by atoms with van der Waals surface area (Å²) in [5.41, 5.74) is 1.69. The molecule has 4 N–H and O–H groups in total. The largest absolute Gasteiger partial charge is 0.453 e. The molecule has 1 saturated carbocycles. The number of aliphatic hydroxyl groups excluding tert-OH is 1. The van der Waals surface area contributed by atoms with Gasteiger partial charge in [0.15, 0.2) is 0 Å². The Morgan fingerprint density at radius 2 is 1.97 bits per heavy atom. The van der Waals surface area contributed by atoms with E-state index in [1.165, 1.54) is 25.7 Å². The molecule has 208 valence electrons. The first-order valence-corrected chi connectivity index (χ1v) is 13.9. The topological polar surface area (TPSA) is 110 Å². The summed E-state index contributed by atoms with van der Waals surface area (Å²) in [6.07, 6.45) is 6.57. The summed E-state index contributed by atoms with van der Waals surface area (Å²) in [5.74, 6) is -0.380. The van der Waals surface area contributed by atoms with Crippen LogP contribution < -0.4 is 10.6 Å². The van der Waals surface area contributed by atoms with Crippen molar-refractivity contribution in [3.05, 3.63) is 35.8 Å². The average molecular weight is 530 g/mol. The van der Waals surface area contributed by atoms with Crippen LogP contribution in [0.1, 0.15) is 56.9 Å². The molecular weight excluding hydrogens is 489 g/mol. The van der Waals surface area contributed by atoms with Gasteiger partial charge in [0.2, 0.25) is 5.91 Å². The van der Waals surface area contributed by atoms with Gasteiger partial charge in [-0.05, 0) is 62.9 Å². The van der Waals surface area contributed by atoms with Crippen LogP contribution in [0, 0.1) is 11.7 Å². The minimum absolute atomic E-state index is 0.116. The molecule has 1 aliphatic carbocycles. The zero-order chi connectivity index (χ0) is 27.0. The third-order valence-corrected chi connectivity index (χ3v) is 9.10. The molecule has 1 aromatic carbocycles. The Labute approximate surface area is 223 Å². The first kappa shape index (κ1) is 26.9. The highest BCUT2D eigenvalue weighted by Gasteiger charge is 2.54. The lowest BCUT2D eigenvalue weighted by Crippen LogP contribution is -2.59. The molecule has 10 heteroatoms. The van der Waals surface area contributed by atoms with E-state index in [0.717, 1.165) is 36.6 Å². The summed E-state index contributed by atoms with van der Waals surface area (Å²) in [5, 5.41) is 19.0. The number of hydrogen-bond acceptors (Lipinski definition) is 6. The molecule has 2 aromatic rings. The summed E-state index contributed by atoms with van der Waals surface area (Å²) in [4.78, 5) is 32.8. The van der Waals surface area contributed by atoms with E-state index in [1.54, 1.807) is 18.0 Å². The molecule has 2 amide bonds. The van der Waals surface area contributed by atoms with E-state index >= 15 is 0 Å². The van der Waals surface area contributed by atoms with Crippen LogP contribution in [0.5, 0.6) is 0 Å². The second-order valence-electron chi connectivity index (χ2n) is 11.1. The Hall–Kier alpha value is -2.69. The fraction of sp³-hybridized carbons (Fsp3) is 0.643. The summed E-state index contributed by atoms with van der Waals surface area (Å²) in [6, 6.07) is 3.60. The van der Waals surface area contributed by atoms with Gasteiger partial charge >= 0.3 is 6.09 Å². The van der Waals surface area contributed by atoms with Gasteiger partial charge in [-0.15, -0.1) is 0 Å². The molecule has 3 heterocycles. The number of methoxy groups -OCH3 is 1. The molecule has 9 nitrogen and oxygen atoms in total. The molecule has 3 fully saturated rings. The fourth-order valence-corrected chi connectivity index (χ4v) is 7.02. The second-order valence-corrected chi connectivity index (χ2v) is 11.1. The van der Waals surface area contributed by atoms with E-state index in [-0.39, 0.29) is 47.8 Å². The Bertz CT molecular complexity index is 1150. The molecule has 0 radical (unpaired) electrons. The molecule has 1 aromatic heterocycles. The van der Waals surface area contributed by atoms with Crippen LogP contribution >= 0.6 is 0 Å². The van der Waals surface area contributed by atoms with Gasteiger partial charge in [0.05, 0.1) is 25.2 Å². The van der Waals surface area contributed by atoms with Gasteiger partial charge in [-0.25, -0.2) is 9.18 Å². The van der Waals surface area contributed by atoms with Gasteiger partial charge in [-0.1, -0.05) is 19.3 Å². The molecule has 38 heavy (non-hydrogen) atoms. The number of fused-ring (bicyclic) bond motifs is 2. The molecule has 2 saturated heterocycles. The molecular formula is C28H40FN5O4. The normalized spacial score (nSPS) is 26.8. The van der Waals surface area contributed by atoms with Crippen molar-refractivity contribution in [2.45, 2.75) is 81.8 Å². The van der Waals surface area contributed by atoms with Crippen LogP contribution in [0.3, 0.4) is 0 Å². The SMILES string of the molecule is CNC(C)C(=O)NC(C1CCCCC1)C(O)N1CCC2C1C(c1c[nH]c3cc(F)ccc13)CN2C(=O)OC. The number of ether oxygens (including phenoxy) is 1. The molecule has 3 aliphatic rings. The third-order valence-electron chi connectivity index (χ3n) is 9.10. The molecule has 0 bridgehead atoms. The van der Waals surface area contributed by atoms with Crippen LogP contribution in [0.2, 0.25) is 0 Å². The van der Waals surface area contributed by atoms with Gasteiger partial charge in [0, 0.05) is 42.1 Å². The predicted octanol–water partition coefficient (Wildman–Crippen LogP) is 2.91. The number of H-pyrrole nitrogens is 1. The number of amides is 2. The summed E-state index contributed by atoms with van der Waals surface area (Å²) < 4.78 is 19.0. The van der Waals surface area contributed by atoms with Gasteiger partial charge in [-0.3, -0.25) is 9.69 Å². The maximum Gasteiger partial charge on any atom is 0.409 e. The van der Waals surface area contributed by atoms with Crippen molar-refractivity contribution < 1.29 is 23.8 Å². The number of halogens is 1. The van der Waals surface area contributed by atoms with E-state index in [4.69, 9.17) is 4.74 Å². The predicted molar refractivity (Wildman–Crippen MR) is 142 cm³/mol. The van der Waals surface area contributed by atoms with E-state index in [9.17, 15) is 19.1 Å². The highest BCUT2D eigenvalue weighted by Crippen LogP contribution is 2.44. The van der Waals surface area contributed by atoms with Gasteiger partial charge < -0.3 is 30.4 Å². The van der Waals surface area contributed by atoms with Gasteiger partial charge in [-0.2, -0.15) is 0 Å². The standard InChI is InChI=1S/C28H40FN5O4/c1-16(30-2)26(35)32-24(17-7-5-4-6-8-17)27(36)33-12-11-23-25(33)21(15-34(23)28(37)38-3)20-14-31-22-13-18(29)9-10-19(20)22/h9-10,13-14,16-17,21,23-25,27,30-31,36H,4-8,11-12,15H2,1-3H3,(H,32,35). The van der Waals surface area contributed by atoms with Crippen molar-refractivity contribution in [2.75, 3.05) is 27.2 Å². The van der Waals surface area contributed by atoms with Crippen LogP contribution in [0.4, 0.5) is 9.18 Å². The second kappa shape index (κ2) is 11.2. The number of aliphatic hydroxyl groups is 1. The van der Waals surface area contributed by atoms with E-state index < -0.39 is 12.3 Å². The third kappa shape index (κ3) is 4.89. The number of carbonyl (C=O) groups is 2. The lowest BCUT2D eigenvalue weighted by molar-refractivity contribution is -0.127.